The molecule has 0 unspecified atom stereocenters. The van der Waals surface area contributed by atoms with Gasteiger partial charge in [0.05, 0.1) is 28.5 Å². The molecule has 0 aliphatic rings. The minimum atomic E-state index is 0.324. The molecular formula is C16H12ClN3. The maximum absolute atomic E-state index is 9.05. The van der Waals surface area contributed by atoms with Crippen LogP contribution in [0.1, 0.15) is 17.0 Å². The van der Waals surface area contributed by atoms with Crippen LogP contribution in [0, 0.1) is 18.3 Å². The van der Waals surface area contributed by atoms with Crippen molar-refractivity contribution in [3.63, 3.8) is 0 Å². The van der Waals surface area contributed by atoms with Gasteiger partial charge in [-0.25, -0.2) is 4.98 Å². The summed E-state index contributed by atoms with van der Waals surface area (Å²) in [6.07, 6.45) is 0. The van der Waals surface area contributed by atoms with E-state index in [4.69, 9.17) is 16.9 Å². The van der Waals surface area contributed by atoms with Gasteiger partial charge < -0.3 is 0 Å². The number of aryl methyl sites for hydroxylation is 1. The van der Waals surface area contributed by atoms with Crippen molar-refractivity contribution >= 4 is 22.6 Å². The van der Waals surface area contributed by atoms with Crippen LogP contribution in [0.4, 0.5) is 0 Å². The molecule has 0 fully saturated rings. The van der Waals surface area contributed by atoms with Gasteiger partial charge in [0.2, 0.25) is 0 Å². The Morgan fingerprint density at radius 2 is 1.95 bits per heavy atom. The Bertz CT molecular complexity index is 810. The second kappa shape index (κ2) is 4.99. The van der Waals surface area contributed by atoms with Crippen LogP contribution in [0.25, 0.3) is 16.7 Å². The van der Waals surface area contributed by atoms with Crippen molar-refractivity contribution in [3.05, 3.63) is 59.4 Å². The summed E-state index contributed by atoms with van der Waals surface area (Å²) in [5, 5.41) is 9.05. The fourth-order valence-electron chi connectivity index (χ4n) is 2.27. The molecule has 2 aromatic carbocycles. The maximum Gasteiger partial charge on any atom is 0.129 e. The first-order valence-electron chi connectivity index (χ1n) is 6.27. The average molecular weight is 282 g/mol. The quantitative estimate of drug-likeness (QED) is 0.668. The number of halogens is 1. The van der Waals surface area contributed by atoms with Crippen LogP contribution in [-0.2, 0) is 5.88 Å². The number of imidazole rings is 1. The highest BCUT2D eigenvalue weighted by atomic mass is 35.5. The fraction of sp³-hybridized carbons (Fsp3) is 0.125. The highest BCUT2D eigenvalue weighted by molar-refractivity contribution is 6.17. The van der Waals surface area contributed by atoms with Gasteiger partial charge in [-0.15, -0.1) is 11.6 Å². The lowest BCUT2D eigenvalue weighted by molar-refractivity contribution is 0.981. The van der Waals surface area contributed by atoms with Gasteiger partial charge in [-0.1, -0.05) is 17.7 Å². The number of hydrogen-bond acceptors (Lipinski definition) is 2. The number of benzene rings is 2. The van der Waals surface area contributed by atoms with E-state index in [-0.39, 0.29) is 0 Å². The number of alkyl halides is 1. The van der Waals surface area contributed by atoms with E-state index in [1.165, 1.54) is 5.56 Å². The van der Waals surface area contributed by atoms with Crippen LogP contribution in [0.3, 0.4) is 0 Å². The van der Waals surface area contributed by atoms with Gasteiger partial charge in [0.15, 0.2) is 0 Å². The van der Waals surface area contributed by atoms with Crippen LogP contribution in [0.15, 0.2) is 42.5 Å². The third kappa shape index (κ3) is 2.04. The van der Waals surface area contributed by atoms with E-state index in [2.05, 4.69) is 11.1 Å². The van der Waals surface area contributed by atoms with Gasteiger partial charge in [0, 0.05) is 5.69 Å². The van der Waals surface area contributed by atoms with Crippen LogP contribution < -0.4 is 0 Å². The van der Waals surface area contributed by atoms with Crippen LogP contribution in [0.2, 0.25) is 0 Å². The average Bonchev–Trinajstić information content (AvgIpc) is 2.85. The van der Waals surface area contributed by atoms with E-state index in [1.807, 2.05) is 47.9 Å². The third-order valence-electron chi connectivity index (χ3n) is 3.26. The molecule has 0 saturated carbocycles. The van der Waals surface area contributed by atoms with Gasteiger partial charge in [0.1, 0.15) is 5.82 Å². The van der Waals surface area contributed by atoms with Crippen molar-refractivity contribution in [3.8, 4) is 11.8 Å². The first-order valence-corrected chi connectivity index (χ1v) is 6.81. The first-order chi connectivity index (χ1) is 9.72. The number of nitrogens with zero attached hydrogens (tertiary/aromatic N) is 3. The molecule has 3 aromatic rings. The Morgan fingerprint density at radius 1 is 1.20 bits per heavy atom. The standard InChI is InChI=1S/C16H12ClN3/c1-11-2-5-13(6-3-11)20-15-8-12(10-18)4-7-14(15)19-16(20)9-17/h2-8H,9H2,1H3. The molecular weight excluding hydrogens is 270 g/mol. The van der Waals surface area contributed by atoms with E-state index in [0.29, 0.717) is 11.4 Å². The molecule has 0 atom stereocenters. The highest BCUT2D eigenvalue weighted by Crippen LogP contribution is 2.24. The Labute approximate surface area is 122 Å². The molecule has 3 nitrogen and oxygen atoms in total. The summed E-state index contributed by atoms with van der Waals surface area (Å²) >= 11 is 6.01. The van der Waals surface area contributed by atoms with Crippen molar-refractivity contribution < 1.29 is 0 Å². The smallest absolute Gasteiger partial charge is 0.129 e. The zero-order valence-corrected chi connectivity index (χ0v) is 11.7. The minimum Gasteiger partial charge on any atom is -0.295 e. The summed E-state index contributed by atoms with van der Waals surface area (Å²) in [6, 6.07) is 15.8. The second-order valence-electron chi connectivity index (χ2n) is 4.65. The summed E-state index contributed by atoms with van der Waals surface area (Å²) in [4.78, 5) is 4.53. The zero-order chi connectivity index (χ0) is 14.1. The Hall–Kier alpha value is -2.31. The van der Waals surface area contributed by atoms with Crippen molar-refractivity contribution in [1.82, 2.24) is 9.55 Å². The lowest BCUT2D eigenvalue weighted by atomic mass is 10.2. The van der Waals surface area contributed by atoms with E-state index in [0.717, 1.165) is 22.5 Å². The molecule has 1 aromatic heterocycles. The molecule has 4 heteroatoms. The molecule has 0 aliphatic heterocycles. The highest BCUT2D eigenvalue weighted by Gasteiger charge is 2.12. The van der Waals surface area contributed by atoms with Crippen LogP contribution in [0.5, 0.6) is 0 Å². The summed E-state index contributed by atoms with van der Waals surface area (Å²) < 4.78 is 2.00. The molecule has 0 bridgehead atoms. The topological polar surface area (TPSA) is 41.6 Å². The fourth-order valence-corrected chi connectivity index (χ4v) is 2.45. The Morgan fingerprint density at radius 3 is 2.60 bits per heavy atom. The van der Waals surface area contributed by atoms with Crippen LogP contribution >= 0.6 is 11.6 Å². The zero-order valence-electron chi connectivity index (χ0n) is 11.0. The SMILES string of the molecule is Cc1ccc(-n2c(CCl)nc3ccc(C#N)cc32)cc1. The maximum atomic E-state index is 9.05. The van der Waals surface area contributed by atoms with E-state index in [1.54, 1.807) is 6.07 Å². The van der Waals surface area contributed by atoms with Crippen LogP contribution in [-0.4, -0.2) is 9.55 Å². The van der Waals surface area contributed by atoms with Gasteiger partial charge in [-0.2, -0.15) is 5.26 Å². The summed E-state index contributed by atoms with van der Waals surface area (Å²) in [7, 11) is 0. The number of hydrogen-bond donors (Lipinski definition) is 0. The van der Waals surface area contributed by atoms with Crippen molar-refractivity contribution in [1.29, 1.82) is 5.26 Å². The second-order valence-corrected chi connectivity index (χ2v) is 4.92. The number of rotatable bonds is 2. The normalized spacial score (nSPS) is 10.7. The summed E-state index contributed by atoms with van der Waals surface area (Å²) in [6.45, 7) is 2.05. The molecule has 0 spiro atoms. The molecule has 1 heterocycles. The molecule has 0 amide bonds. The Balaban J connectivity index is 2.31. The monoisotopic (exact) mass is 281 g/mol. The number of aromatic nitrogens is 2. The van der Waals surface area contributed by atoms with Crippen molar-refractivity contribution in [2.24, 2.45) is 0 Å². The van der Waals surface area contributed by atoms with Gasteiger partial charge >= 0.3 is 0 Å². The lowest BCUT2D eigenvalue weighted by Gasteiger charge is -2.08. The summed E-state index contributed by atoms with van der Waals surface area (Å²) in [5.74, 6) is 1.10. The predicted molar refractivity (Wildman–Crippen MR) is 80.1 cm³/mol. The molecule has 0 aliphatic carbocycles. The molecule has 0 N–H and O–H groups in total. The predicted octanol–water partition coefficient (Wildman–Crippen LogP) is 3.94. The summed E-state index contributed by atoms with van der Waals surface area (Å²) in [5.41, 5.74) is 4.57. The number of nitriles is 1. The van der Waals surface area contributed by atoms with E-state index >= 15 is 0 Å². The van der Waals surface area contributed by atoms with Crippen molar-refractivity contribution in [2.45, 2.75) is 12.8 Å². The Kier molecular flexibility index (Phi) is 3.17. The van der Waals surface area contributed by atoms with Crippen molar-refractivity contribution in [2.75, 3.05) is 0 Å². The van der Waals surface area contributed by atoms with Gasteiger partial charge in [-0.05, 0) is 37.3 Å². The molecule has 3 rings (SSSR count). The minimum absolute atomic E-state index is 0.324. The molecule has 0 saturated heterocycles. The van der Waals surface area contributed by atoms with E-state index < -0.39 is 0 Å². The van der Waals surface area contributed by atoms with E-state index in [9.17, 15) is 0 Å². The third-order valence-corrected chi connectivity index (χ3v) is 3.50. The number of fused-ring (bicyclic) bond motifs is 1. The molecule has 0 radical (unpaired) electrons. The first kappa shape index (κ1) is 12.7. The largest absolute Gasteiger partial charge is 0.295 e. The lowest BCUT2D eigenvalue weighted by Crippen LogP contribution is -1.99. The van der Waals surface area contributed by atoms with Gasteiger partial charge in [-0.3, -0.25) is 4.57 Å². The molecule has 98 valence electrons. The molecule has 20 heavy (non-hydrogen) atoms. The van der Waals surface area contributed by atoms with Gasteiger partial charge in [0.25, 0.3) is 0 Å².